The van der Waals surface area contributed by atoms with Crippen LogP contribution in [0.15, 0.2) is 89.7 Å². The summed E-state index contributed by atoms with van der Waals surface area (Å²) < 4.78 is 11.8. The standard InChI is InChI=1S/C35H34O6/c1-7-28-29(8-2)34(39)33(20-32(28)38)41-26-15-11-24(12-16-26)35(5,6)23-9-13-25(14-10-23)40-27-17-18-30(21(3)36)31(19-27)22(4)37/h9-20H,7-8H2,1-6H3. The van der Waals surface area contributed by atoms with E-state index in [9.17, 15) is 19.2 Å². The van der Waals surface area contributed by atoms with Crippen molar-refractivity contribution >= 4 is 23.1 Å². The molecule has 6 heteroatoms. The molecule has 0 heterocycles. The van der Waals surface area contributed by atoms with Gasteiger partial charge in [0.15, 0.2) is 23.1 Å². The molecule has 0 radical (unpaired) electrons. The Balaban J connectivity index is 1.48. The van der Waals surface area contributed by atoms with Crippen LogP contribution in [0.3, 0.4) is 0 Å². The number of ether oxygens (including phenoxy) is 2. The van der Waals surface area contributed by atoms with E-state index >= 15 is 0 Å². The Morgan fingerprint density at radius 3 is 1.63 bits per heavy atom. The van der Waals surface area contributed by atoms with Crippen LogP contribution in [0.5, 0.6) is 17.2 Å². The van der Waals surface area contributed by atoms with Gasteiger partial charge in [0.2, 0.25) is 5.78 Å². The van der Waals surface area contributed by atoms with Gasteiger partial charge in [-0.05, 0) is 80.3 Å². The molecule has 0 fully saturated rings. The topological polar surface area (TPSA) is 86.7 Å². The fourth-order valence-electron chi connectivity index (χ4n) is 5.04. The van der Waals surface area contributed by atoms with Gasteiger partial charge < -0.3 is 9.47 Å². The van der Waals surface area contributed by atoms with Gasteiger partial charge in [0.1, 0.15) is 17.2 Å². The molecule has 0 N–H and O–H groups in total. The summed E-state index contributed by atoms with van der Waals surface area (Å²) in [6.45, 7) is 10.8. The van der Waals surface area contributed by atoms with E-state index in [0.29, 0.717) is 52.4 Å². The number of allylic oxidation sites excluding steroid dienone is 3. The normalized spacial score (nSPS) is 13.7. The molecule has 1 aliphatic rings. The molecule has 0 amide bonds. The molecule has 0 saturated carbocycles. The first-order valence-electron chi connectivity index (χ1n) is 13.7. The van der Waals surface area contributed by atoms with Crippen LogP contribution in [0.4, 0.5) is 0 Å². The van der Waals surface area contributed by atoms with Crippen molar-refractivity contribution in [3.63, 3.8) is 0 Å². The van der Waals surface area contributed by atoms with Gasteiger partial charge in [-0.2, -0.15) is 0 Å². The van der Waals surface area contributed by atoms with Crippen LogP contribution in [0.2, 0.25) is 0 Å². The third-order valence-corrected chi connectivity index (χ3v) is 7.49. The quantitative estimate of drug-likeness (QED) is 0.190. The highest BCUT2D eigenvalue weighted by Gasteiger charge is 2.28. The maximum absolute atomic E-state index is 12.9. The van der Waals surface area contributed by atoms with Gasteiger partial charge in [-0.25, -0.2) is 0 Å². The summed E-state index contributed by atoms with van der Waals surface area (Å²) in [7, 11) is 0. The van der Waals surface area contributed by atoms with Gasteiger partial charge in [0, 0.05) is 33.8 Å². The molecule has 0 aliphatic heterocycles. The summed E-state index contributed by atoms with van der Waals surface area (Å²) in [5.41, 5.74) is 3.53. The zero-order valence-electron chi connectivity index (χ0n) is 24.3. The highest BCUT2D eigenvalue weighted by atomic mass is 16.5. The highest BCUT2D eigenvalue weighted by Crippen LogP contribution is 2.35. The summed E-state index contributed by atoms with van der Waals surface area (Å²) in [5, 5.41) is 0. The summed E-state index contributed by atoms with van der Waals surface area (Å²) in [6, 6.07) is 20.1. The predicted molar refractivity (Wildman–Crippen MR) is 158 cm³/mol. The maximum Gasteiger partial charge on any atom is 0.224 e. The Morgan fingerprint density at radius 1 is 0.659 bits per heavy atom. The Bertz CT molecular complexity index is 1580. The van der Waals surface area contributed by atoms with E-state index in [4.69, 9.17) is 9.47 Å². The molecule has 0 atom stereocenters. The molecule has 0 spiro atoms. The number of rotatable bonds is 10. The van der Waals surface area contributed by atoms with Crippen LogP contribution in [0.1, 0.15) is 86.2 Å². The molecule has 3 aromatic rings. The number of carbonyl (C=O) groups excluding carboxylic acids is 4. The average Bonchev–Trinajstić information content (AvgIpc) is 2.95. The van der Waals surface area contributed by atoms with Crippen LogP contribution < -0.4 is 9.47 Å². The maximum atomic E-state index is 12.9. The van der Waals surface area contributed by atoms with E-state index in [-0.39, 0.29) is 34.3 Å². The van der Waals surface area contributed by atoms with Gasteiger partial charge >= 0.3 is 0 Å². The summed E-state index contributed by atoms with van der Waals surface area (Å²) >= 11 is 0. The minimum atomic E-state index is -0.355. The minimum Gasteiger partial charge on any atom is -0.457 e. The molecule has 0 bridgehead atoms. The van der Waals surface area contributed by atoms with Crippen LogP contribution in [0.25, 0.3) is 0 Å². The summed E-state index contributed by atoms with van der Waals surface area (Å²) in [5.74, 6) is 0.844. The molecule has 1 aliphatic carbocycles. The number of hydrogen-bond donors (Lipinski definition) is 0. The first kappa shape index (κ1) is 29.4. The SMILES string of the molecule is CCC1=C(CC)C(=O)C(Oc2ccc(C(C)(C)c3ccc(Oc4ccc(C(C)=O)c(C(C)=O)c4)cc3)cc2)=CC1=O. The van der Waals surface area contributed by atoms with Crippen molar-refractivity contribution in [2.24, 2.45) is 0 Å². The van der Waals surface area contributed by atoms with Crippen molar-refractivity contribution in [3.8, 4) is 17.2 Å². The molecule has 4 rings (SSSR count). The lowest BCUT2D eigenvalue weighted by Gasteiger charge is -2.26. The van der Waals surface area contributed by atoms with Crippen molar-refractivity contribution in [3.05, 3.63) is 112 Å². The number of carbonyl (C=O) groups is 4. The lowest BCUT2D eigenvalue weighted by atomic mass is 9.78. The second kappa shape index (κ2) is 11.9. The van der Waals surface area contributed by atoms with E-state index in [2.05, 4.69) is 13.8 Å². The zero-order valence-corrected chi connectivity index (χ0v) is 24.3. The molecule has 41 heavy (non-hydrogen) atoms. The molecule has 3 aromatic carbocycles. The van der Waals surface area contributed by atoms with E-state index in [1.54, 1.807) is 30.3 Å². The molecular formula is C35H34O6. The highest BCUT2D eigenvalue weighted by molar-refractivity contribution is 6.22. The van der Waals surface area contributed by atoms with Crippen molar-refractivity contribution in [1.82, 2.24) is 0 Å². The molecule has 0 aromatic heterocycles. The number of ketones is 4. The summed E-state index contributed by atoms with van der Waals surface area (Å²) in [6.07, 6.45) is 2.29. The number of Topliss-reactive ketones (excluding diaryl/α,β-unsaturated/α-hetero) is 3. The van der Waals surface area contributed by atoms with E-state index in [0.717, 1.165) is 11.1 Å². The van der Waals surface area contributed by atoms with Crippen LogP contribution in [-0.4, -0.2) is 23.1 Å². The first-order valence-corrected chi connectivity index (χ1v) is 13.7. The fourth-order valence-corrected chi connectivity index (χ4v) is 5.04. The smallest absolute Gasteiger partial charge is 0.224 e. The fraction of sp³-hybridized carbons (Fsp3) is 0.257. The van der Waals surface area contributed by atoms with Gasteiger partial charge in [-0.15, -0.1) is 0 Å². The number of hydrogen-bond acceptors (Lipinski definition) is 6. The predicted octanol–water partition coefficient (Wildman–Crippen LogP) is 7.74. The Morgan fingerprint density at radius 2 is 1.15 bits per heavy atom. The van der Waals surface area contributed by atoms with Crippen molar-refractivity contribution < 1.29 is 28.7 Å². The largest absolute Gasteiger partial charge is 0.457 e. The third-order valence-electron chi connectivity index (χ3n) is 7.49. The summed E-state index contributed by atoms with van der Waals surface area (Å²) in [4.78, 5) is 49.2. The van der Waals surface area contributed by atoms with Gasteiger partial charge in [0.25, 0.3) is 0 Å². The number of benzene rings is 3. The van der Waals surface area contributed by atoms with Gasteiger partial charge in [-0.3, -0.25) is 19.2 Å². The zero-order chi connectivity index (χ0) is 29.9. The van der Waals surface area contributed by atoms with Crippen molar-refractivity contribution in [1.29, 1.82) is 0 Å². The van der Waals surface area contributed by atoms with Crippen LogP contribution in [0, 0.1) is 0 Å². The van der Waals surface area contributed by atoms with E-state index in [1.165, 1.54) is 19.9 Å². The molecule has 210 valence electrons. The van der Waals surface area contributed by atoms with Crippen molar-refractivity contribution in [2.45, 2.75) is 59.8 Å². The van der Waals surface area contributed by atoms with Crippen molar-refractivity contribution in [2.75, 3.05) is 0 Å². The van der Waals surface area contributed by atoms with Crippen LogP contribution in [-0.2, 0) is 15.0 Å². The monoisotopic (exact) mass is 550 g/mol. The second-order valence-corrected chi connectivity index (χ2v) is 10.6. The molecule has 6 nitrogen and oxygen atoms in total. The second-order valence-electron chi connectivity index (χ2n) is 10.6. The first-order chi connectivity index (χ1) is 19.5. The third kappa shape index (κ3) is 6.12. The van der Waals surface area contributed by atoms with Gasteiger partial charge in [-0.1, -0.05) is 52.0 Å². The molecular weight excluding hydrogens is 516 g/mol. The lowest BCUT2D eigenvalue weighted by Crippen LogP contribution is -2.22. The molecule has 0 saturated heterocycles. The Labute approximate surface area is 240 Å². The van der Waals surface area contributed by atoms with Crippen LogP contribution >= 0.6 is 0 Å². The van der Waals surface area contributed by atoms with E-state index in [1.807, 2.05) is 50.2 Å². The Hall–Kier alpha value is -4.58. The Kier molecular flexibility index (Phi) is 8.52. The molecule has 0 unspecified atom stereocenters. The van der Waals surface area contributed by atoms with Gasteiger partial charge in [0.05, 0.1) is 0 Å². The minimum absolute atomic E-state index is 0.0537. The average molecular weight is 551 g/mol. The van der Waals surface area contributed by atoms with E-state index < -0.39 is 0 Å². The lowest BCUT2D eigenvalue weighted by molar-refractivity contribution is -0.117.